The van der Waals surface area contributed by atoms with E-state index in [2.05, 4.69) is 233 Å². The van der Waals surface area contributed by atoms with Crippen molar-refractivity contribution >= 4 is 77.2 Å². The highest BCUT2D eigenvalue weighted by molar-refractivity contribution is 6.23. The Morgan fingerprint density at radius 3 is 0.893 bits per heavy atom. The Morgan fingerprint density at radius 1 is 0.286 bits per heavy atom. The number of nitrogens with zero attached hydrogens (tertiary/aromatic N) is 2. The normalized spacial score (nSPS) is 12.1. The van der Waals surface area contributed by atoms with E-state index in [0.29, 0.717) is 0 Å². The summed E-state index contributed by atoms with van der Waals surface area (Å²) in [7, 11) is 0. The van der Waals surface area contributed by atoms with Crippen LogP contribution in [0.4, 0.5) is 34.1 Å². The van der Waals surface area contributed by atoms with Gasteiger partial charge in [-0.15, -0.1) is 0 Å². The molecule has 0 aliphatic carbocycles. The molecule has 9 aromatic rings. The van der Waals surface area contributed by atoms with Crippen molar-refractivity contribution in [1.29, 1.82) is 0 Å². The van der Waals surface area contributed by atoms with Crippen molar-refractivity contribution in [2.24, 2.45) is 0 Å². The molecule has 0 atom stereocenters. The first-order valence-electron chi connectivity index (χ1n) is 19.8. The van der Waals surface area contributed by atoms with Gasteiger partial charge >= 0.3 is 0 Å². The van der Waals surface area contributed by atoms with Crippen LogP contribution in [0.25, 0.3) is 43.1 Å². The summed E-state index contributed by atoms with van der Waals surface area (Å²) >= 11 is 0. The van der Waals surface area contributed by atoms with Crippen molar-refractivity contribution in [1.82, 2.24) is 0 Å². The van der Waals surface area contributed by atoms with E-state index in [-0.39, 0.29) is 10.8 Å². The lowest BCUT2D eigenvalue weighted by molar-refractivity contribution is 0.590. The summed E-state index contributed by atoms with van der Waals surface area (Å²) in [6.07, 6.45) is 0. The zero-order valence-electron chi connectivity index (χ0n) is 33.2. The van der Waals surface area contributed by atoms with Gasteiger partial charge < -0.3 is 9.80 Å². The molecule has 0 heterocycles. The Labute approximate surface area is 331 Å². The van der Waals surface area contributed by atoms with Crippen LogP contribution in [0.15, 0.2) is 182 Å². The second kappa shape index (κ2) is 13.7. The Hall–Kier alpha value is -6.38. The summed E-state index contributed by atoms with van der Waals surface area (Å²) in [5, 5.41) is 9.64. The van der Waals surface area contributed by atoms with E-state index in [1.54, 1.807) is 0 Å². The van der Waals surface area contributed by atoms with E-state index < -0.39 is 0 Å². The van der Waals surface area contributed by atoms with Gasteiger partial charge in [0.2, 0.25) is 0 Å². The summed E-state index contributed by atoms with van der Waals surface area (Å²) < 4.78 is 0. The fourth-order valence-electron chi connectivity index (χ4n) is 8.23. The highest BCUT2D eigenvalue weighted by atomic mass is 15.2. The van der Waals surface area contributed by atoms with Crippen molar-refractivity contribution in [2.45, 2.75) is 52.4 Å². The first-order valence-corrected chi connectivity index (χ1v) is 19.8. The number of rotatable bonds is 6. The zero-order valence-corrected chi connectivity index (χ0v) is 33.2. The van der Waals surface area contributed by atoms with Crippen LogP contribution in [0.1, 0.15) is 52.7 Å². The smallest absolute Gasteiger partial charge is 0.0619 e. The van der Waals surface area contributed by atoms with E-state index in [1.807, 2.05) is 0 Å². The molecule has 0 unspecified atom stereocenters. The molecular formula is C54H48N2. The van der Waals surface area contributed by atoms with Gasteiger partial charge in [-0.25, -0.2) is 0 Å². The van der Waals surface area contributed by atoms with Crippen LogP contribution < -0.4 is 9.80 Å². The third kappa shape index (κ3) is 6.35. The van der Waals surface area contributed by atoms with Gasteiger partial charge in [-0.2, -0.15) is 0 Å². The molecule has 2 heteroatoms. The number of anilines is 6. The highest BCUT2D eigenvalue weighted by Crippen LogP contribution is 2.51. The van der Waals surface area contributed by atoms with Gasteiger partial charge in [0, 0.05) is 44.3 Å². The van der Waals surface area contributed by atoms with Crippen LogP contribution in [0.2, 0.25) is 0 Å². The molecule has 0 saturated heterocycles. The van der Waals surface area contributed by atoms with E-state index in [4.69, 9.17) is 0 Å². The minimum atomic E-state index is 0.0463. The van der Waals surface area contributed by atoms with Crippen LogP contribution in [0.5, 0.6) is 0 Å². The van der Waals surface area contributed by atoms with Gasteiger partial charge in [-0.3, -0.25) is 0 Å². The number of fused-ring (bicyclic) bond motifs is 4. The van der Waals surface area contributed by atoms with Crippen molar-refractivity contribution in [2.75, 3.05) is 9.80 Å². The Kier molecular flexibility index (Phi) is 8.66. The van der Waals surface area contributed by atoms with Gasteiger partial charge in [-0.1, -0.05) is 175 Å². The van der Waals surface area contributed by atoms with Gasteiger partial charge in [-0.05, 0) is 92.0 Å². The Morgan fingerprint density at radius 2 is 0.571 bits per heavy atom. The monoisotopic (exact) mass is 724 g/mol. The summed E-state index contributed by atoms with van der Waals surface area (Å²) in [6, 6.07) is 67.4. The van der Waals surface area contributed by atoms with Crippen molar-refractivity contribution in [3.8, 4) is 0 Å². The molecule has 0 spiro atoms. The summed E-state index contributed by atoms with van der Waals surface area (Å²) in [4.78, 5) is 4.96. The van der Waals surface area contributed by atoms with E-state index in [9.17, 15) is 0 Å². The van der Waals surface area contributed by atoms with Crippen LogP contribution in [-0.2, 0) is 10.8 Å². The maximum atomic E-state index is 2.48. The summed E-state index contributed by atoms with van der Waals surface area (Å²) in [6.45, 7) is 13.7. The van der Waals surface area contributed by atoms with Gasteiger partial charge in [0.25, 0.3) is 0 Å². The fraction of sp³-hybridized carbons (Fsp3) is 0.148. The topological polar surface area (TPSA) is 6.48 Å². The number of benzene rings is 9. The molecule has 9 aromatic carbocycles. The SMILES string of the molecule is CC(C)(C)c1ccc(N(c2ccc3ccccc3c2)c2c3ccccc3c(N(c3ccc(C(C)(C)C)cc3)c3ccc4ccccc4c3)c3ccccc23)cc1. The lowest BCUT2D eigenvalue weighted by atomic mass is 9.87. The molecule has 0 aromatic heterocycles. The lowest BCUT2D eigenvalue weighted by Gasteiger charge is -2.33. The van der Waals surface area contributed by atoms with E-state index in [0.717, 1.165) is 22.7 Å². The second-order valence-electron chi connectivity index (χ2n) is 17.1. The highest BCUT2D eigenvalue weighted by Gasteiger charge is 2.26. The second-order valence-corrected chi connectivity index (χ2v) is 17.1. The fourth-order valence-corrected chi connectivity index (χ4v) is 8.23. The van der Waals surface area contributed by atoms with Crippen LogP contribution in [-0.4, -0.2) is 0 Å². The Bertz CT molecular complexity index is 2610. The average molecular weight is 725 g/mol. The lowest BCUT2D eigenvalue weighted by Crippen LogP contribution is -2.16. The van der Waals surface area contributed by atoms with E-state index in [1.165, 1.54) is 65.6 Å². The molecule has 0 aliphatic rings. The van der Waals surface area contributed by atoms with Crippen molar-refractivity contribution in [3.05, 3.63) is 193 Å². The summed E-state index contributed by atoms with van der Waals surface area (Å²) in [5.74, 6) is 0. The molecule has 0 aliphatic heterocycles. The molecule has 0 N–H and O–H groups in total. The molecule has 0 radical (unpaired) electrons. The number of hydrogen-bond acceptors (Lipinski definition) is 2. The van der Waals surface area contributed by atoms with Crippen molar-refractivity contribution < 1.29 is 0 Å². The Balaban J connectivity index is 1.36. The summed E-state index contributed by atoms with van der Waals surface area (Å²) in [5.41, 5.74) is 9.55. The van der Waals surface area contributed by atoms with Crippen LogP contribution in [0, 0.1) is 0 Å². The van der Waals surface area contributed by atoms with Gasteiger partial charge in [0.15, 0.2) is 0 Å². The van der Waals surface area contributed by atoms with Crippen molar-refractivity contribution in [3.63, 3.8) is 0 Å². The van der Waals surface area contributed by atoms with Crippen LogP contribution >= 0.6 is 0 Å². The zero-order chi connectivity index (χ0) is 38.6. The molecule has 0 amide bonds. The predicted molar refractivity (Wildman–Crippen MR) is 243 cm³/mol. The molecule has 0 bridgehead atoms. The molecular weight excluding hydrogens is 677 g/mol. The first kappa shape index (κ1) is 35.3. The molecule has 0 saturated carbocycles. The maximum absolute atomic E-state index is 2.48. The first-order chi connectivity index (χ1) is 27.0. The third-order valence-electron chi connectivity index (χ3n) is 11.3. The van der Waals surface area contributed by atoms with Crippen LogP contribution in [0.3, 0.4) is 0 Å². The quantitative estimate of drug-likeness (QED) is 0.124. The predicted octanol–water partition coefficient (Wildman–Crippen LogP) is 15.8. The molecule has 9 rings (SSSR count). The minimum absolute atomic E-state index is 0.0463. The number of hydrogen-bond donors (Lipinski definition) is 0. The average Bonchev–Trinajstić information content (AvgIpc) is 3.21. The standard InChI is InChI=1S/C54H48N2/c1-53(2,3)41-25-31-43(32-26-41)55(45-29-23-37-15-7-9-17-39(37)35-45)51-47-19-11-13-21-49(47)52(50-22-14-12-20-48(50)51)56(44-33-27-42(28-34-44)54(4,5)6)46-30-24-38-16-8-10-18-40(38)36-46/h7-36H,1-6H3. The molecule has 2 nitrogen and oxygen atoms in total. The molecule has 56 heavy (non-hydrogen) atoms. The third-order valence-corrected chi connectivity index (χ3v) is 11.3. The largest absolute Gasteiger partial charge is 0.309 e. The minimum Gasteiger partial charge on any atom is -0.309 e. The molecule has 0 fully saturated rings. The molecule has 274 valence electrons. The van der Waals surface area contributed by atoms with Gasteiger partial charge in [0.1, 0.15) is 0 Å². The van der Waals surface area contributed by atoms with E-state index >= 15 is 0 Å². The van der Waals surface area contributed by atoms with Gasteiger partial charge in [0.05, 0.1) is 11.4 Å². The maximum Gasteiger partial charge on any atom is 0.0619 e.